The molecular formula is C14H14ClNO2. The number of hydrogen-bond acceptors (Lipinski definition) is 3. The number of rotatable bonds is 4. The van der Waals surface area contributed by atoms with E-state index >= 15 is 0 Å². The van der Waals surface area contributed by atoms with Crippen LogP contribution in [0.3, 0.4) is 0 Å². The third kappa shape index (κ3) is 3.15. The van der Waals surface area contributed by atoms with Crippen molar-refractivity contribution in [3.63, 3.8) is 0 Å². The topological polar surface area (TPSA) is 55.5 Å². The van der Waals surface area contributed by atoms with Crippen LogP contribution in [0.5, 0.6) is 5.75 Å². The Kier molecular flexibility index (Phi) is 4.07. The Bertz CT molecular complexity index is 543. The summed E-state index contributed by atoms with van der Waals surface area (Å²) in [5.74, 6) is 0.718. The predicted molar refractivity (Wildman–Crippen MR) is 72.6 cm³/mol. The highest BCUT2D eigenvalue weighted by molar-refractivity contribution is 6.33. The summed E-state index contributed by atoms with van der Waals surface area (Å²) >= 11 is 5.84. The Balaban J connectivity index is 2.04. The zero-order valence-corrected chi connectivity index (χ0v) is 10.5. The molecule has 0 saturated heterocycles. The summed E-state index contributed by atoms with van der Waals surface area (Å²) in [7, 11) is 0. The van der Waals surface area contributed by atoms with Crippen LogP contribution < -0.4 is 10.5 Å². The number of aliphatic hydroxyl groups is 1. The maximum Gasteiger partial charge on any atom is 0.120 e. The lowest BCUT2D eigenvalue weighted by Gasteiger charge is -2.08. The maximum absolute atomic E-state index is 9.03. The van der Waals surface area contributed by atoms with E-state index in [1.54, 1.807) is 18.2 Å². The summed E-state index contributed by atoms with van der Waals surface area (Å²) < 4.78 is 5.62. The van der Waals surface area contributed by atoms with Gasteiger partial charge in [-0.05, 0) is 35.4 Å². The van der Waals surface area contributed by atoms with Crippen LogP contribution in [-0.4, -0.2) is 5.11 Å². The molecule has 0 unspecified atom stereocenters. The van der Waals surface area contributed by atoms with E-state index in [4.69, 9.17) is 27.2 Å². The summed E-state index contributed by atoms with van der Waals surface area (Å²) in [5, 5.41) is 9.57. The van der Waals surface area contributed by atoms with E-state index in [0.29, 0.717) is 17.3 Å². The molecule has 3 N–H and O–H groups in total. The molecule has 0 saturated carbocycles. The van der Waals surface area contributed by atoms with Crippen LogP contribution >= 0.6 is 11.6 Å². The SMILES string of the molecule is Nc1cc(COc2cccc(CO)c2)ccc1Cl. The minimum atomic E-state index is 0.00505. The van der Waals surface area contributed by atoms with Gasteiger partial charge in [0.2, 0.25) is 0 Å². The van der Waals surface area contributed by atoms with Crippen molar-refractivity contribution in [3.05, 3.63) is 58.6 Å². The standard InChI is InChI=1S/C14H14ClNO2/c15-13-5-4-11(7-14(13)16)9-18-12-3-1-2-10(6-12)8-17/h1-7,17H,8-9,16H2. The molecule has 2 rings (SSSR count). The summed E-state index contributed by atoms with van der Waals surface area (Å²) in [6.45, 7) is 0.418. The minimum Gasteiger partial charge on any atom is -0.489 e. The zero-order valence-electron chi connectivity index (χ0n) is 9.77. The second kappa shape index (κ2) is 5.76. The van der Waals surface area contributed by atoms with Gasteiger partial charge in [-0.3, -0.25) is 0 Å². The van der Waals surface area contributed by atoms with Crippen molar-refractivity contribution in [1.82, 2.24) is 0 Å². The molecule has 0 aliphatic rings. The Morgan fingerprint density at radius 1 is 1.11 bits per heavy atom. The van der Waals surface area contributed by atoms with E-state index in [1.165, 1.54) is 0 Å². The Hall–Kier alpha value is -1.71. The number of anilines is 1. The molecule has 0 aliphatic carbocycles. The van der Waals surface area contributed by atoms with E-state index < -0.39 is 0 Å². The molecule has 0 bridgehead atoms. The highest BCUT2D eigenvalue weighted by Crippen LogP contribution is 2.21. The quantitative estimate of drug-likeness (QED) is 0.834. The van der Waals surface area contributed by atoms with Gasteiger partial charge in [-0.2, -0.15) is 0 Å². The first-order valence-electron chi connectivity index (χ1n) is 5.55. The van der Waals surface area contributed by atoms with Crippen LogP contribution in [0.15, 0.2) is 42.5 Å². The number of hydrogen-bond donors (Lipinski definition) is 2. The molecule has 0 heterocycles. The molecular weight excluding hydrogens is 250 g/mol. The molecule has 0 atom stereocenters. The zero-order chi connectivity index (χ0) is 13.0. The van der Waals surface area contributed by atoms with Gasteiger partial charge >= 0.3 is 0 Å². The highest BCUT2D eigenvalue weighted by atomic mass is 35.5. The van der Waals surface area contributed by atoms with Crippen molar-refractivity contribution in [2.45, 2.75) is 13.2 Å². The van der Waals surface area contributed by atoms with Crippen LogP contribution in [0.2, 0.25) is 5.02 Å². The summed E-state index contributed by atoms with van der Waals surface area (Å²) in [6.07, 6.45) is 0. The van der Waals surface area contributed by atoms with Gasteiger partial charge in [-0.15, -0.1) is 0 Å². The van der Waals surface area contributed by atoms with Gasteiger partial charge in [0.25, 0.3) is 0 Å². The molecule has 2 aromatic carbocycles. The number of nitrogens with two attached hydrogens (primary N) is 1. The van der Waals surface area contributed by atoms with Crippen LogP contribution in [-0.2, 0) is 13.2 Å². The fourth-order valence-electron chi connectivity index (χ4n) is 1.58. The van der Waals surface area contributed by atoms with E-state index in [2.05, 4.69) is 0 Å². The fraction of sp³-hybridized carbons (Fsp3) is 0.143. The second-order valence-electron chi connectivity index (χ2n) is 3.95. The smallest absolute Gasteiger partial charge is 0.120 e. The Labute approximate surface area is 111 Å². The average molecular weight is 264 g/mol. The van der Waals surface area contributed by atoms with E-state index in [1.807, 2.05) is 24.3 Å². The molecule has 0 aromatic heterocycles. The first-order chi connectivity index (χ1) is 8.69. The second-order valence-corrected chi connectivity index (χ2v) is 4.36. The maximum atomic E-state index is 9.03. The molecule has 0 radical (unpaired) electrons. The third-order valence-corrected chi connectivity index (χ3v) is 2.89. The highest BCUT2D eigenvalue weighted by Gasteiger charge is 2.00. The predicted octanol–water partition coefficient (Wildman–Crippen LogP) is 2.99. The van der Waals surface area contributed by atoms with Crippen LogP contribution in [0.1, 0.15) is 11.1 Å². The molecule has 4 heteroatoms. The van der Waals surface area contributed by atoms with Crippen LogP contribution in [0.25, 0.3) is 0 Å². The molecule has 18 heavy (non-hydrogen) atoms. The van der Waals surface area contributed by atoms with E-state index in [9.17, 15) is 0 Å². The third-order valence-electron chi connectivity index (χ3n) is 2.55. The van der Waals surface area contributed by atoms with Gasteiger partial charge in [0.05, 0.1) is 17.3 Å². The van der Waals surface area contributed by atoms with Gasteiger partial charge in [0.1, 0.15) is 12.4 Å². The van der Waals surface area contributed by atoms with Crippen molar-refractivity contribution < 1.29 is 9.84 Å². The first-order valence-corrected chi connectivity index (χ1v) is 5.93. The molecule has 0 spiro atoms. The fourth-order valence-corrected chi connectivity index (χ4v) is 1.70. The van der Waals surface area contributed by atoms with Gasteiger partial charge in [0, 0.05) is 0 Å². The van der Waals surface area contributed by atoms with E-state index in [-0.39, 0.29) is 6.61 Å². The Morgan fingerprint density at radius 3 is 2.67 bits per heavy atom. The molecule has 3 nitrogen and oxygen atoms in total. The van der Waals surface area contributed by atoms with Crippen molar-refractivity contribution in [1.29, 1.82) is 0 Å². The number of halogens is 1. The van der Waals surface area contributed by atoms with Crippen LogP contribution in [0.4, 0.5) is 5.69 Å². The van der Waals surface area contributed by atoms with Gasteiger partial charge in [-0.1, -0.05) is 29.8 Å². The molecule has 2 aromatic rings. The van der Waals surface area contributed by atoms with Crippen molar-refractivity contribution in [3.8, 4) is 5.75 Å². The lowest BCUT2D eigenvalue weighted by atomic mass is 10.2. The minimum absolute atomic E-state index is 0.00505. The lowest BCUT2D eigenvalue weighted by molar-refractivity contribution is 0.278. The molecule has 0 fully saturated rings. The molecule has 0 aliphatic heterocycles. The van der Waals surface area contributed by atoms with Crippen molar-refractivity contribution >= 4 is 17.3 Å². The van der Waals surface area contributed by atoms with Gasteiger partial charge in [-0.25, -0.2) is 0 Å². The normalized spacial score (nSPS) is 10.3. The molecule has 0 amide bonds. The number of nitrogen functional groups attached to an aromatic ring is 1. The summed E-state index contributed by atoms with van der Waals surface area (Å²) in [6, 6.07) is 12.7. The number of benzene rings is 2. The van der Waals surface area contributed by atoms with E-state index in [0.717, 1.165) is 16.9 Å². The molecule has 94 valence electrons. The summed E-state index contributed by atoms with van der Waals surface area (Å²) in [4.78, 5) is 0. The van der Waals surface area contributed by atoms with Gasteiger partial charge in [0.15, 0.2) is 0 Å². The summed E-state index contributed by atoms with van der Waals surface area (Å²) in [5.41, 5.74) is 8.03. The van der Waals surface area contributed by atoms with Gasteiger partial charge < -0.3 is 15.6 Å². The number of ether oxygens (including phenoxy) is 1. The largest absolute Gasteiger partial charge is 0.489 e. The number of aliphatic hydroxyl groups excluding tert-OH is 1. The van der Waals surface area contributed by atoms with Crippen LogP contribution in [0, 0.1) is 0 Å². The lowest BCUT2D eigenvalue weighted by Crippen LogP contribution is -1.97. The van der Waals surface area contributed by atoms with Crippen molar-refractivity contribution in [2.24, 2.45) is 0 Å². The average Bonchev–Trinajstić information content (AvgIpc) is 2.40. The van der Waals surface area contributed by atoms with Crippen molar-refractivity contribution in [2.75, 3.05) is 5.73 Å². The first kappa shape index (κ1) is 12.7. The monoisotopic (exact) mass is 263 g/mol. The Morgan fingerprint density at radius 2 is 1.94 bits per heavy atom.